The maximum absolute atomic E-state index is 15.6. The molecule has 115 heavy (non-hydrogen) atoms. The highest BCUT2D eigenvalue weighted by Gasteiger charge is 2.50. The Bertz CT molecular complexity index is 6180. The maximum atomic E-state index is 15.6. The van der Waals surface area contributed by atoms with Gasteiger partial charge in [0, 0.05) is 81.0 Å². The molecule has 0 aliphatic rings. The minimum absolute atomic E-state index is 0.0214. The second-order valence-electron chi connectivity index (χ2n) is 24.8. The fraction of sp³-hybridized carbons (Fsp3) is 0.167. The van der Waals surface area contributed by atoms with Gasteiger partial charge in [0.2, 0.25) is 0 Å². The molecule has 0 saturated carbocycles. The van der Waals surface area contributed by atoms with E-state index in [0.29, 0.717) is 24.3 Å². The van der Waals surface area contributed by atoms with Gasteiger partial charge in [0.05, 0.1) is 126 Å². The van der Waals surface area contributed by atoms with Crippen LogP contribution in [0.4, 0.5) is 142 Å². The lowest BCUT2D eigenvalue weighted by Gasteiger charge is -2.14. The molecule has 0 aliphatic carbocycles. The summed E-state index contributed by atoms with van der Waals surface area (Å²) in [4.78, 5) is 60.7. The fourth-order valence-electron chi connectivity index (χ4n) is 12.5. The van der Waals surface area contributed by atoms with Gasteiger partial charge in [-0.1, -0.05) is 35.4 Å². The highest BCUT2D eigenvalue weighted by molar-refractivity contribution is 6.09. The largest absolute Gasteiger partial charge is 0.419 e. The number of halogens is 27. The molecule has 16 nitrogen and oxygen atoms in total. The molecule has 0 spiro atoms. The predicted octanol–water partition coefficient (Wildman–Crippen LogP) is 20.2. The van der Waals surface area contributed by atoms with Crippen LogP contribution in [0.2, 0.25) is 0 Å². The van der Waals surface area contributed by atoms with E-state index in [2.05, 4.69) is 79.8 Å². The molecule has 8 heterocycles. The Balaban J connectivity index is 0.000000201. The zero-order valence-corrected chi connectivity index (χ0v) is 56.7. The summed E-state index contributed by atoms with van der Waals surface area (Å²) in [6.45, 7) is 3.71. The SMILES string of the molecule is Cc1cc(-c2nc3c(C(F)(F)F)c4c(=Nc5cnccn5)c(-c5cc(C(F)(F)F)cc(C(F)(F)F)c5)nc4c(C(F)(F)F)c3c2=Nc2cnccn2)cc(C(F)(F)F)c1.Cc1ccc(-c2nc3c(C(F)(F)F)c4c(=Nc5cnccn5)c(-c5ccc(C)cc5C(F)(F)F)nc4c(C(F)(F)F)c3c2=Nc2cncnc2)c(C(F)(F)F)c1. The van der Waals surface area contributed by atoms with Crippen molar-refractivity contribution in [3.63, 3.8) is 0 Å². The molecule has 14 rings (SSSR count). The Morgan fingerprint density at radius 1 is 0.270 bits per heavy atom. The average Bonchev–Trinajstić information content (AvgIpc) is 1.55. The van der Waals surface area contributed by atoms with Crippen molar-refractivity contribution in [2.45, 2.75) is 76.4 Å². The number of hydrogen-bond donors (Lipinski definition) is 0. The molecule has 0 atom stereocenters. The third-order valence-corrected chi connectivity index (χ3v) is 16.9. The Kier molecular flexibility index (Phi) is 19.8. The second-order valence-corrected chi connectivity index (χ2v) is 24.8. The van der Waals surface area contributed by atoms with Gasteiger partial charge in [-0.15, -0.1) is 0 Å². The molecule has 14 aromatic rings. The van der Waals surface area contributed by atoms with E-state index in [9.17, 15) is 65.9 Å². The van der Waals surface area contributed by atoms with E-state index in [-0.39, 0.29) is 34.9 Å². The summed E-state index contributed by atoms with van der Waals surface area (Å²) < 4.78 is 400. The normalized spacial score (nSPS) is 13.9. The highest BCUT2D eigenvalue weighted by atomic mass is 19.4. The Morgan fingerprint density at radius 2 is 0.574 bits per heavy atom. The highest BCUT2D eigenvalue weighted by Crippen LogP contribution is 2.51. The number of alkyl halides is 27. The molecule has 0 fully saturated rings. The smallest absolute Gasteiger partial charge is 0.259 e. The first kappa shape index (κ1) is 80.2. The third-order valence-electron chi connectivity index (χ3n) is 16.9. The number of hydrogen-bond acceptors (Lipinski definition) is 16. The van der Waals surface area contributed by atoms with Crippen LogP contribution in [0.1, 0.15) is 66.8 Å². The molecule has 0 unspecified atom stereocenters. The van der Waals surface area contributed by atoms with Crippen LogP contribution >= 0.6 is 0 Å². The first-order chi connectivity index (χ1) is 53.5. The van der Waals surface area contributed by atoms with Crippen LogP contribution < -0.4 is 21.4 Å². The third kappa shape index (κ3) is 15.8. The first-order valence-electron chi connectivity index (χ1n) is 31.8. The molecule has 590 valence electrons. The van der Waals surface area contributed by atoms with E-state index in [0.717, 1.165) is 112 Å². The quantitative estimate of drug-likeness (QED) is 0.130. The summed E-state index contributed by atoms with van der Waals surface area (Å²) in [5.41, 5.74) is -31.4. The van der Waals surface area contributed by atoms with E-state index >= 15 is 52.7 Å². The number of aromatic nitrogens is 12. The van der Waals surface area contributed by atoms with Crippen molar-refractivity contribution in [1.29, 1.82) is 0 Å². The number of benzene rings is 6. The van der Waals surface area contributed by atoms with Crippen LogP contribution in [0, 0.1) is 20.8 Å². The van der Waals surface area contributed by atoms with Crippen LogP contribution in [-0.4, -0.2) is 59.8 Å². The van der Waals surface area contributed by atoms with Gasteiger partial charge in [-0.25, -0.2) is 64.8 Å². The summed E-state index contributed by atoms with van der Waals surface area (Å²) in [5.74, 6) is -1.77. The second kappa shape index (κ2) is 28.3. The lowest BCUT2D eigenvalue weighted by atomic mass is 9.96. The summed E-state index contributed by atoms with van der Waals surface area (Å²) in [7, 11) is 0. The summed E-state index contributed by atoms with van der Waals surface area (Å²) in [6.07, 6.45) is -38.1. The number of fused-ring (bicyclic) bond motifs is 4. The topological polar surface area (TPSA) is 204 Å². The minimum atomic E-state index is -5.81. The van der Waals surface area contributed by atoms with E-state index in [1.54, 1.807) is 0 Å². The molecule has 0 N–H and O–H groups in total. The monoisotopic (exact) mass is 1630 g/mol. The van der Waals surface area contributed by atoms with Crippen LogP contribution in [0.25, 0.3) is 88.6 Å². The summed E-state index contributed by atoms with van der Waals surface area (Å²) in [6, 6.07) is 6.89. The van der Waals surface area contributed by atoms with Crippen molar-refractivity contribution in [3.8, 4) is 45.0 Å². The number of aryl methyl sites for hydroxylation is 3. The average molecular weight is 1640 g/mol. The molecule has 43 heteroatoms. The van der Waals surface area contributed by atoms with E-state index in [1.165, 1.54) is 13.8 Å². The number of nitrogens with zero attached hydrogens (tertiary/aromatic N) is 16. The van der Waals surface area contributed by atoms with Crippen molar-refractivity contribution in [2.24, 2.45) is 20.0 Å². The lowest BCUT2D eigenvalue weighted by molar-refractivity contribution is -0.143. The summed E-state index contributed by atoms with van der Waals surface area (Å²) in [5, 5.41) is -10.7. The molecule has 8 aromatic heterocycles. The van der Waals surface area contributed by atoms with Gasteiger partial charge in [-0.2, -0.15) is 119 Å². The van der Waals surface area contributed by atoms with E-state index < -0.39 is 239 Å². The molecule has 0 amide bonds. The zero-order chi connectivity index (χ0) is 83.6. The molecular weight excluding hydrogens is 1600 g/mol. The Hall–Kier alpha value is -12.9. The van der Waals surface area contributed by atoms with Crippen molar-refractivity contribution in [3.05, 3.63) is 235 Å². The Morgan fingerprint density at radius 3 is 0.878 bits per heavy atom. The molecule has 0 aliphatic heterocycles. The molecule has 0 saturated heterocycles. The van der Waals surface area contributed by atoms with Gasteiger partial charge in [-0.05, 0) is 74.9 Å². The molecule has 0 radical (unpaired) electrons. The van der Waals surface area contributed by atoms with Crippen molar-refractivity contribution in [1.82, 2.24) is 59.8 Å². The number of rotatable bonds is 8. The van der Waals surface area contributed by atoms with Crippen molar-refractivity contribution < 1.29 is 119 Å². The standard InChI is InChI=1S/C36H15F15N8.C36H18F12N8/c1-14-6-15(8-17(7-14)32(37,38)39)26-30(56-20-12-52-2-4-54-20)22-24(35(46,47)48)29-23(25(28(22)58-26)36(49,50)51)31(57-21-13-53-3-5-55-21)27(59-29)16-9-18(33(40,41)42)11-19(10-16)34(43,44)45;1-15-3-5-18(20(9-15)33(37,38)39)27-31(53-17-11-50-14-51-12-17)23-25(35(43,44)45)30-24(26(29(23)55-27)36(46,47)48)32(54-22-13-49-7-8-52-22)28(56-30)19-6-4-16(2)10-21(19)34(40,41)42/h2-13H,1H3;3-14H,1-2H3. The van der Waals surface area contributed by atoms with Gasteiger partial charge in [0.1, 0.15) is 33.4 Å². The molecular formula is C72H33F27N16. The van der Waals surface area contributed by atoms with Gasteiger partial charge >= 0.3 is 55.6 Å². The van der Waals surface area contributed by atoms with Gasteiger partial charge < -0.3 is 0 Å². The van der Waals surface area contributed by atoms with Gasteiger partial charge in [0.15, 0.2) is 17.5 Å². The van der Waals surface area contributed by atoms with E-state index in [4.69, 9.17) is 0 Å². The van der Waals surface area contributed by atoms with Crippen LogP contribution in [0.3, 0.4) is 0 Å². The fourth-order valence-corrected chi connectivity index (χ4v) is 12.5. The minimum Gasteiger partial charge on any atom is -0.259 e. The first-order valence-corrected chi connectivity index (χ1v) is 31.8. The van der Waals surface area contributed by atoms with Crippen molar-refractivity contribution in [2.75, 3.05) is 0 Å². The maximum Gasteiger partial charge on any atom is 0.419 e. The van der Waals surface area contributed by atoms with E-state index in [1.807, 2.05) is 0 Å². The zero-order valence-electron chi connectivity index (χ0n) is 56.7. The Labute approximate surface area is 620 Å². The van der Waals surface area contributed by atoms with Crippen molar-refractivity contribution >= 4 is 66.8 Å². The van der Waals surface area contributed by atoms with Gasteiger partial charge in [-0.3, -0.25) is 15.0 Å². The molecule has 6 aromatic carbocycles. The van der Waals surface area contributed by atoms with Crippen LogP contribution in [0.15, 0.2) is 167 Å². The van der Waals surface area contributed by atoms with Crippen LogP contribution in [0.5, 0.6) is 0 Å². The molecule has 0 bridgehead atoms. The van der Waals surface area contributed by atoms with Gasteiger partial charge in [0.25, 0.3) is 0 Å². The lowest BCUT2D eigenvalue weighted by Crippen LogP contribution is -2.18. The predicted molar refractivity (Wildman–Crippen MR) is 349 cm³/mol. The summed E-state index contributed by atoms with van der Waals surface area (Å²) >= 11 is 0. The van der Waals surface area contributed by atoms with Crippen LogP contribution in [-0.2, 0) is 55.6 Å².